The number of ether oxygens (including phenoxy) is 1. The second kappa shape index (κ2) is 5.82. The van der Waals surface area contributed by atoms with Crippen molar-refractivity contribution in [2.24, 2.45) is 0 Å². The second-order valence-electron chi connectivity index (χ2n) is 4.30. The largest absolute Gasteiger partial charge is 0.478 e. The van der Waals surface area contributed by atoms with Crippen molar-refractivity contribution in [1.29, 1.82) is 0 Å². The highest BCUT2D eigenvalue weighted by Gasteiger charge is 2.19. The van der Waals surface area contributed by atoms with Crippen LogP contribution in [0.5, 0.6) is 5.88 Å². The van der Waals surface area contributed by atoms with Crippen molar-refractivity contribution in [2.75, 3.05) is 11.9 Å². The Morgan fingerprint density at radius 3 is 2.88 bits per heavy atom. The summed E-state index contributed by atoms with van der Waals surface area (Å²) in [6.45, 7) is 2.53. The molecule has 5 nitrogen and oxygen atoms in total. The molecule has 1 saturated carbocycles. The van der Waals surface area contributed by atoms with Gasteiger partial charge in [-0.2, -0.15) is 4.98 Å². The zero-order chi connectivity index (χ0) is 12.1. The Balaban J connectivity index is 1.91. The van der Waals surface area contributed by atoms with E-state index in [1.807, 2.05) is 6.92 Å². The van der Waals surface area contributed by atoms with E-state index in [1.54, 1.807) is 12.3 Å². The smallest absolute Gasteiger partial charge is 0.226 e. The van der Waals surface area contributed by atoms with E-state index in [0.717, 1.165) is 25.7 Å². The monoisotopic (exact) mass is 237 g/mol. The van der Waals surface area contributed by atoms with Gasteiger partial charge in [0.15, 0.2) is 0 Å². The first-order chi connectivity index (χ1) is 8.28. The minimum Gasteiger partial charge on any atom is -0.478 e. The van der Waals surface area contributed by atoms with Crippen molar-refractivity contribution in [3.05, 3.63) is 12.3 Å². The predicted octanol–water partition coefficient (Wildman–Crippen LogP) is 1.59. The quantitative estimate of drug-likeness (QED) is 0.832. The number of nitrogens with one attached hydrogen (secondary N) is 1. The Labute approximate surface area is 101 Å². The van der Waals surface area contributed by atoms with Crippen LogP contribution in [0.15, 0.2) is 12.3 Å². The molecule has 5 heteroatoms. The van der Waals surface area contributed by atoms with Gasteiger partial charge in [0.2, 0.25) is 11.8 Å². The average Bonchev–Trinajstić information content (AvgIpc) is 2.33. The number of anilines is 1. The topological polar surface area (TPSA) is 67.3 Å². The molecule has 0 spiro atoms. The van der Waals surface area contributed by atoms with Gasteiger partial charge in [-0.25, -0.2) is 4.98 Å². The first-order valence-electron chi connectivity index (χ1n) is 6.18. The molecule has 1 fully saturated rings. The van der Waals surface area contributed by atoms with Crippen molar-refractivity contribution in [2.45, 2.75) is 44.8 Å². The van der Waals surface area contributed by atoms with Crippen LogP contribution >= 0.6 is 0 Å². The van der Waals surface area contributed by atoms with E-state index < -0.39 is 0 Å². The van der Waals surface area contributed by atoms with Gasteiger partial charge in [-0.05, 0) is 32.6 Å². The molecule has 2 N–H and O–H groups in total. The first-order valence-corrected chi connectivity index (χ1v) is 6.18. The molecule has 1 heterocycles. The Morgan fingerprint density at radius 1 is 1.41 bits per heavy atom. The molecular formula is C12H19N3O2. The Morgan fingerprint density at radius 2 is 2.18 bits per heavy atom. The third-order valence-electron chi connectivity index (χ3n) is 2.95. The van der Waals surface area contributed by atoms with E-state index in [4.69, 9.17) is 4.74 Å². The summed E-state index contributed by atoms with van der Waals surface area (Å²) in [7, 11) is 0. The van der Waals surface area contributed by atoms with Gasteiger partial charge in [0.1, 0.15) is 0 Å². The van der Waals surface area contributed by atoms with Crippen LogP contribution in [0.2, 0.25) is 0 Å². The first kappa shape index (κ1) is 12.1. The third-order valence-corrected chi connectivity index (χ3v) is 2.95. The van der Waals surface area contributed by atoms with Crippen molar-refractivity contribution in [1.82, 2.24) is 9.97 Å². The molecule has 0 radical (unpaired) electrons. The summed E-state index contributed by atoms with van der Waals surface area (Å²) in [5.41, 5.74) is 0. The SMILES string of the molecule is CCOc1ccnc(NC2CCC(O)CC2)n1. The minimum absolute atomic E-state index is 0.135. The van der Waals surface area contributed by atoms with Gasteiger partial charge in [-0.15, -0.1) is 0 Å². The van der Waals surface area contributed by atoms with Crippen molar-refractivity contribution in [3.63, 3.8) is 0 Å². The lowest BCUT2D eigenvalue weighted by atomic mass is 9.93. The number of hydrogen-bond acceptors (Lipinski definition) is 5. The maximum atomic E-state index is 9.43. The van der Waals surface area contributed by atoms with E-state index in [1.165, 1.54) is 0 Å². The highest BCUT2D eigenvalue weighted by Crippen LogP contribution is 2.21. The van der Waals surface area contributed by atoms with Gasteiger partial charge >= 0.3 is 0 Å². The maximum Gasteiger partial charge on any atom is 0.226 e. The standard InChI is InChI=1S/C12H19N3O2/c1-2-17-11-7-8-13-12(15-11)14-9-3-5-10(16)6-4-9/h7-10,16H,2-6H2,1H3,(H,13,14,15). The van der Waals surface area contributed by atoms with Crippen LogP contribution in [0.25, 0.3) is 0 Å². The van der Waals surface area contributed by atoms with Gasteiger partial charge in [-0.1, -0.05) is 0 Å². The second-order valence-corrected chi connectivity index (χ2v) is 4.30. The summed E-state index contributed by atoms with van der Waals surface area (Å²) in [4.78, 5) is 8.44. The highest BCUT2D eigenvalue weighted by molar-refractivity contribution is 5.28. The number of rotatable bonds is 4. The summed E-state index contributed by atoms with van der Waals surface area (Å²) in [6, 6.07) is 2.11. The molecule has 2 rings (SSSR count). The van der Waals surface area contributed by atoms with Crippen molar-refractivity contribution < 1.29 is 9.84 Å². The van der Waals surface area contributed by atoms with E-state index >= 15 is 0 Å². The van der Waals surface area contributed by atoms with E-state index in [2.05, 4.69) is 15.3 Å². The van der Waals surface area contributed by atoms with Gasteiger partial charge in [0.05, 0.1) is 12.7 Å². The molecule has 0 saturated heterocycles. The highest BCUT2D eigenvalue weighted by atomic mass is 16.5. The molecule has 1 aromatic heterocycles. The van der Waals surface area contributed by atoms with Crippen LogP contribution in [0.4, 0.5) is 5.95 Å². The van der Waals surface area contributed by atoms with Crippen LogP contribution in [-0.2, 0) is 0 Å². The molecule has 94 valence electrons. The molecule has 17 heavy (non-hydrogen) atoms. The lowest BCUT2D eigenvalue weighted by Crippen LogP contribution is -2.28. The lowest BCUT2D eigenvalue weighted by molar-refractivity contribution is 0.126. The van der Waals surface area contributed by atoms with Crippen LogP contribution in [0.3, 0.4) is 0 Å². The normalized spacial score (nSPS) is 24.4. The molecule has 0 bridgehead atoms. The minimum atomic E-state index is -0.135. The summed E-state index contributed by atoms with van der Waals surface area (Å²) in [5.74, 6) is 1.21. The van der Waals surface area contributed by atoms with Gasteiger partial charge in [0.25, 0.3) is 0 Å². The van der Waals surface area contributed by atoms with Crippen LogP contribution in [0, 0.1) is 0 Å². The fourth-order valence-electron chi connectivity index (χ4n) is 2.04. The van der Waals surface area contributed by atoms with E-state index in [9.17, 15) is 5.11 Å². The number of hydrogen-bond donors (Lipinski definition) is 2. The summed E-state index contributed by atoms with van der Waals surface area (Å²) < 4.78 is 5.32. The fraction of sp³-hybridized carbons (Fsp3) is 0.667. The summed E-state index contributed by atoms with van der Waals surface area (Å²) >= 11 is 0. The van der Waals surface area contributed by atoms with E-state index in [-0.39, 0.29) is 6.10 Å². The summed E-state index contributed by atoms with van der Waals surface area (Å²) in [5, 5.41) is 12.7. The molecule has 0 aliphatic heterocycles. The molecule has 1 aliphatic carbocycles. The molecule has 0 unspecified atom stereocenters. The molecule has 1 aliphatic rings. The van der Waals surface area contributed by atoms with Crippen LogP contribution in [-0.4, -0.2) is 33.8 Å². The number of nitrogens with zero attached hydrogens (tertiary/aromatic N) is 2. The summed E-state index contributed by atoms with van der Waals surface area (Å²) in [6.07, 6.45) is 5.18. The predicted molar refractivity (Wildman–Crippen MR) is 65.1 cm³/mol. The number of aliphatic hydroxyl groups excluding tert-OH is 1. The molecule has 1 aromatic rings. The number of aliphatic hydroxyl groups is 1. The van der Waals surface area contributed by atoms with E-state index in [0.29, 0.717) is 24.5 Å². The molecular weight excluding hydrogens is 218 g/mol. The third kappa shape index (κ3) is 3.56. The Bertz CT molecular complexity index is 351. The molecule has 0 amide bonds. The van der Waals surface area contributed by atoms with Gasteiger partial charge in [0, 0.05) is 18.3 Å². The van der Waals surface area contributed by atoms with Crippen molar-refractivity contribution >= 4 is 5.95 Å². The zero-order valence-electron chi connectivity index (χ0n) is 10.1. The average molecular weight is 237 g/mol. The van der Waals surface area contributed by atoms with Crippen LogP contribution < -0.4 is 10.1 Å². The maximum absolute atomic E-state index is 9.43. The van der Waals surface area contributed by atoms with Gasteiger partial charge < -0.3 is 15.2 Å². The molecule has 0 aromatic carbocycles. The Kier molecular flexibility index (Phi) is 4.14. The van der Waals surface area contributed by atoms with Gasteiger partial charge in [-0.3, -0.25) is 0 Å². The lowest BCUT2D eigenvalue weighted by Gasteiger charge is -2.26. The van der Waals surface area contributed by atoms with Crippen molar-refractivity contribution in [3.8, 4) is 5.88 Å². The molecule has 0 atom stereocenters. The fourth-order valence-corrected chi connectivity index (χ4v) is 2.04. The zero-order valence-corrected chi connectivity index (χ0v) is 10.1. The van der Waals surface area contributed by atoms with Crippen LogP contribution in [0.1, 0.15) is 32.6 Å². The number of aromatic nitrogens is 2. The Hall–Kier alpha value is -1.36.